The third-order valence-electron chi connectivity index (χ3n) is 3.57. The molecule has 0 aromatic heterocycles. The summed E-state index contributed by atoms with van der Waals surface area (Å²) in [5, 5.41) is 0. The van der Waals surface area contributed by atoms with Gasteiger partial charge in [-0.15, -0.1) is 0 Å². The molecule has 2 rings (SSSR count). The van der Waals surface area contributed by atoms with E-state index in [-0.39, 0.29) is 17.4 Å². The average molecular weight is 267 g/mol. The SMILES string of the molecule is Cc1ccc(S(=O)(=O)N2C[C@]2(C=O)C(C)C)cc1. The molecule has 1 aromatic carbocycles. The number of benzene rings is 1. The second kappa shape index (κ2) is 4.17. The van der Waals surface area contributed by atoms with Crippen LogP contribution in [-0.2, 0) is 14.8 Å². The van der Waals surface area contributed by atoms with Gasteiger partial charge in [-0.25, -0.2) is 8.42 Å². The summed E-state index contributed by atoms with van der Waals surface area (Å²) in [7, 11) is -3.55. The lowest BCUT2D eigenvalue weighted by molar-refractivity contribution is -0.111. The zero-order valence-electron chi connectivity index (χ0n) is 10.8. The highest BCUT2D eigenvalue weighted by atomic mass is 32.2. The lowest BCUT2D eigenvalue weighted by Gasteiger charge is -2.15. The molecule has 1 aromatic rings. The minimum absolute atomic E-state index is 0.0183. The van der Waals surface area contributed by atoms with Crippen LogP contribution in [0.1, 0.15) is 19.4 Å². The van der Waals surface area contributed by atoms with Crippen molar-refractivity contribution in [3.8, 4) is 0 Å². The highest BCUT2D eigenvalue weighted by Gasteiger charge is 2.61. The average Bonchev–Trinajstić information content (AvgIpc) is 3.06. The molecular formula is C13H17NO3S. The lowest BCUT2D eigenvalue weighted by atomic mass is 9.98. The summed E-state index contributed by atoms with van der Waals surface area (Å²) >= 11 is 0. The van der Waals surface area contributed by atoms with E-state index in [9.17, 15) is 13.2 Å². The minimum Gasteiger partial charge on any atom is -0.301 e. The summed E-state index contributed by atoms with van der Waals surface area (Å²) in [5.41, 5.74) is 0.161. The zero-order chi connectivity index (χ0) is 13.6. The maximum Gasteiger partial charge on any atom is 0.244 e. The van der Waals surface area contributed by atoms with Crippen molar-refractivity contribution in [2.24, 2.45) is 5.92 Å². The van der Waals surface area contributed by atoms with Crippen LogP contribution < -0.4 is 0 Å². The molecule has 98 valence electrons. The normalized spacial score (nSPS) is 27.2. The van der Waals surface area contributed by atoms with Crippen LogP contribution in [0, 0.1) is 12.8 Å². The standard InChI is InChI=1S/C13H17NO3S/c1-10(2)13(9-15)8-14(13)18(16,17)12-6-4-11(3)5-7-12/h4-7,9-10H,8H2,1-3H3/t13-,14?/m0/s1. The number of rotatable bonds is 4. The van der Waals surface area contributed by atoms with Crippen LogP contribution in [0.2, 0.25) is 0 Å². The maximum atomic E-state index is 12.4. The Hall–Kier alpha value is -1.20. The molecule has 0 saturated carbocycles. The van der Waals surface area contributed by atoms with Gasteiger partial charge in [0.1, 0.15) is 11.8 Å². The highest BCUT2D eigenvalue weighted by molar-refractivity contribution is 7.89. The molecule has 0 N–H and O–H groups in total. The van der Waals surface area contributed by atoms with E-state index in [1.54, 1.807) is 24.3 Å². The Morgan fingerprint density at radius 3 is 2.22 bits per heavy atom. The monoisotopic (exact) mass is 267 g/mol. The number of hydrogen-bond acceptors (Lipinski definition) is 3. The predicted octanol–water partition coefficient (Wildman–Crippen LogP) is 1.59. The second-order valence-corrected chi connectivity index (χ2v) is 6.95. The van der Waals surface area contributed by atoms with Gasteiger partial charge >= 0.3 is 0 Å². The van der Waals surface area contributed by atoms with Gasteiger partial charge in [0.05, 0.1) is 4.90 Å². The van der Waals surface area contributed by atoms with Gasteiger partial charge < -0.3 is 4.79 Å². The van der Waals surface area contributed by atoms with Crippen molar-refractivity contribution in [3.63, 3.8) is 0 Å². The molecule has 1 heterocycles. The number of carbonyl (C=O) groups is 1. The third-order valence-corrected chi connectivity index (χ3v) is 5.49. The van der Waals surface area contributed by atoms with E-state index in [1.165, 1.54) is 4.31 Å². The highest BCUT2D eigenvalue weighted by Crippen LogP contribution is 2.42. The second-order valence-electron chi connectivity index (χ2n) is 5.09. The van der Waals surface area contributed by atoms with E-state index in [0.717, 1.165) is 11.8 Å². The molecule has 5 heteroatoms. The van der Waals surface area contributed by atoms with Crippen molar-refractivity contribution in [1.29, 1.82) is 0 Å². The maximum absolute atomic E-state index is 12.4. The van der Waals surface area contributed by atoms with Crippen LogP contribution in [0.15, 0.2) is 29.2 Å². The summed E-state index contributed by atoms with van der Waals surface area (Å²) in [6.45, 7) is 5.90. The van der Waals surface area contributed by atoms with Gasteiger partial charge in [0.2, 0.25) is 10.0 Å². The van der Waals surface area contributed by atoms with Gasteiger partial charge in [-0.1, -0.05) is 31.5 Å². The van der Waals surface area contributed by atoms with Gasteiger partial charge in [-0.2, -0.15) is 4.31 Å². The topological polar surface area (TPSA) is 54.2 Å². The van der Waals surface area contributed by atoms with Gasteiger partial charge in [0.25, 0.3) is 0 Å². The van der Waals surface area contributed by atoms with Crippen LogP contribution in [0.25, 0.3) is 0 Å². The number of carbonyl (C=O) groups excluding carboxylic acids is 1. The molecule has 4 nitrogen and oxygen atoms in total. The molecule has 1 fully saturated rings. The summed E-state index contributed by atoms with van der Waals surface area (Å²) in [6.07, 6.45) is 0.753. The van der Waals surface area contributed by atoms with Crippen molar-refractivity contribution >= 4 is 16.3 Å². The van der Waals surface area contributed by atoms with E-state index in [4.69, 9.17) is 0 Å². The number of hydrogen-bond donors (Lipinski definition) is 0. The van der Waals surface area contributed by atoms with Gasteiger partial charge in [-0.3, -0.25) is 0 Å². The number of aldehydes is 1. The molecular weight excluding hydrogens is 250 g/mol. The van der Waals surface area contributed by atoms with Gasteiger partial charge in [0, 0.05) is 6.54 Å². The van der Waals surface area contributed by atoms with Crippen LogP contribution in [0.5, 0.6) is 0 Å². The van der Waals surface area contributed by atoms with Crippen molar-refractivity contribution in [3.05, 3.63) is 29.8 Å². The first-order valence-corrected chi connectivity index (χ1v) is 7.34. The summed E-state index contributed by atoms with van der Waals surface area (Å²) in [4.78, 5) is 11.4. The molecule has 0 radical (unpaired) electrons. The van der Waals surface area contributed by atoms with Crippen LogP contribution in [0.4, 0.5) is 0 Å². The smallest absolute Gasteiger partial charge is 0.244 e. The van der Waals surface area contributed by atoms with Crippen molar-refractivity contribution in [2.45, 2.75) is 31.2 Å². The first kappa shape index (κ1) is 13.2. The molecule has 18 heavy (non-hydrogen) atoms. The zero-order valence-corrected chi connectivity index (χ0v) is 11.6. The number of nitrogens with zero attached hydrogens (tertiary/aromatic N) is 1. The fourth-order valence-electron chi connectivity index (χ4n) is 2.04. The number of aryl methyl sites for hydroxylation is 1. The van der Waals surface area contributed by atoms with Gasteiger partial charge in [0.15, 0.2) is 0 Å². The minimum atomic E-state index is -3.55. The fraction of sp³-hybridized carbons (Fsp3) is 0.462. The Labute approximate surface area is 108 Å². The van der Waals surface area contributed by atoms with Crippen molar-refractivity contribution in [1.82, 2.24) is 4.31 Å². The van der Waals surface area contributed by atoms with E-state index < -0.39 is 15.6 Å². The Kier molecular flexibility index (Phi) is 3.07. The molecule has 0 spiro atoms. The van der Waals surface area contributed by atoms with Crippen molar-refractivity contribution < 1.29 is 13.2 Å². The molecule has 0 amide bonds. The Bertz CT molecular complexity index is 562. The van der Waals surface area contributed by atoms with Gasteiger partial charge in [-0.05, 0) is 25.0 Å². The molecule has 1 aliphatic heterocycles. The Morgan fingerprint density at radius 1 is 1.28 bits per heavy atom. The Balaban J connectivity index is 2.35. The quantitative estimate of drug-likeness (QED) is 0.615. The van der Waals surface area contributed by atoms with Crippen LogP contribution >= 0.6 is 0 Å². The van der Waals surface area contributed by atoms with E-state index in [2.05, 4.69) is 0 Å². The Morgan fingerprint density at radius 2 is 1.83 bits per heavy atom. The summed E-state index contributed by atoms with van der Waals surface area (Å²) in [5.74, 6) is -0.0183. The first-order chi connectivity index (χ1) is 8.34. The molecule has 1 saturated heterocycles. The molecule has 1 unspecified atom stereocenters. The summed E-state index contributed by atoms with van der Waals surface area (Å²) in [6, 6.07) is 6.68. The van der Waals surface area contributed by atoms with E-state index >= 15 is 0 Å². The third kappa shape index (κ3) is 1.87. The molecule has 0 bridgehead atoms. The largest absolute Gasteiger partial charge is 0.301 e. The molecule has 2 atom stereocenters. The van der Waals surface area contributed by atoms with E-state index in [0.29, 0.717) is 0 Å². The van der Waals surface area contributed by atoms with Crippen molar-refractivity contribution in [2.75, 3.05) is 6.54 Å². The number of sulfonamides is 1. The lowest BCUT2D eigenvalue weighted by Crippen LogP contribution is -2.30. The van der Waals surface area contributed by atoms with E-state index in [1.807, 2.05) is 20.8 Å². The molecule has 0 aliphatic carbocycles. The summed E-state index contributed by atoms with van der Waals surface area (Å²) < 4.78 is 26.0. The predicted molar refractivity (Wildman–Crippen MR) is 68.7 cm³/mol. The first-order valence-electron chi connectivity index (χ1n) is 5.90. The van der Waals surface area contributed by atoms with Crippen LogP contribution in [0.3, 0.4) is 0 Å². The fourth-order valence-corrected chi connectivity index (χ4v) is 3.86. The van der Waals surface area contributed by atoms with Crippen LogP contribution in [-0.4, -0.2) is 31.1 Å². The molecule has 1 aliphatic rings.